The number of nitrogens with zero attached hydrogens (tertiary/aromatic N) is 1. The molecule has 0 saturated carbocycles. The van der Waals surface area contributed by atoms with Gasteiger partial charge in [-0.05, 0) is 34.2 Å². The summed E-state index contributed by atoms with van der Waals surface area (Å²) in [4.78, 5) is 3.79. The van der Waals surface area contributed by atoms with Crippen LogP contribution in [0.4, 0.5) is 8.78 Å². The molecule has 0 aromatic carbocycles. The number of alkyl halides is 3. The van der Waals surface area contributed by atoms with E-state index >= 15 is 0 Å². The number of pyridine rings is 1. The summed E-state index contributed by atoms with van der Waals surface area (Å²) in [6.45, 7) is 0. The Hall–Kier alpha value is 0.0300. The largest absolute Gasteiger partial charge is 0.265 e. The summed E-state index contributed by atoms with van der Waals surface area (Å²) in [6, 6.07) is 1.38. The van der Waals surface area contributed by atoms with E-state index in [0.717, 1.165) is 0 Å². The first-order valence-corrected chi connectivity index (χ1v) is 4.75. The maximum Gasteiger partial charge on any atom is 0.265 e. The van der Waals surface area contributed by atoms with Crippen molar-refractivity contribution in [1.29, 1.82) is 0 Å². The van der Waals surface area contributed by atoms with Crippen molar-refractivity contribution in [3.63, 3.8) is 0 Å². The topological polar surface area (TPSA) is 12.9 Å². The second kappa shape index (κ2) is 4.32. The predicted molar refractivity (Wildman–Crippen MR) is 51.5 cm³/mol. The summed E-state index contributed by atoms with van der Waals surface area (Å²) in [5.74, 6) is 0.214. The van der Waals surface area contributed by atoms with Crippen LogP contribution in [0.1, 0.15) is 17.6 Å². The summed E-state index contributed by atoms with van der Waals surface area (Å²) in [5.41, 5.74) is 0.570. The Balaban J connectivity index is 3.05. The van der Waals surface area contributed by atoms with Gasteiger partial charge in [-0.2, -0.15) is 0 Å². The average Bonchev–Trinajstić information content (AvgIpc) is 2.05. The standard InChI is InChI=1S/C7H5ClF2IN/c8-2-4-1-5(6(9)10)3-12-7(4)11/h1,3,6H,2H2. The van der Waals surface area contributed by atoms with Crippen molar-refractivity contribution in [1.82, 2.24) is 4.98 Å². The Kier molecular flexibility index (Phi) is 3.64. The van der Waals surface area contributed by atoms with E-state index in [0.29, 0.717) is 9.26 Å². The maximum atomic E-state index is 12.1. The van der Waals surface area contributed by atoms with Crippen LogP contribution >= 0.6 is 34.2 Å². The van der Waals surface area contributed by atoms with Crippen LogP contribution in [0, 0.1) is 3.70 Å². The fraction of sp³-hybridized carbons (Fsp3) is 0.286. The van der Waals surface area contributed by atoms with Gasteiger partial charge in [-0.3, -0.25) is 0 Å². The van der Waals surface area contributed by atoms with Crippen LogP contribution in [0.5, 0.6) is 0 Å². The zero-order chi connectivity index (χ0) is 9.14. The Bertz CT molecular complexity index is 280. The molecule has 0 saturated heterocycles. The van der Waals surface area contributed by atoms with Crippen molar-refractivity contribution in [3.8, 4) is 0 Å². The minimum atomic E-state index is -2.48. The van der Waals surface area contributed by atoms with Crippen molar-refractivity contribution in [2.45, 2.75) is 12.3 Å². The van der Waals surface area contributed by atoms with E-state index in [1.165, 1.54) is 12.3 Å². The molecule has 0 unspecified atom stereocenters. The molecule has 0 aliphatic carbocycles. The lowest BCUT2D eigenvalue weighted by molar-refractivity contribution is 0.151. The van der Waals surface area contributed by atoms with Gasteiger partial charge in [0, 0.05) is 17.6 Å². The highest BCUT2D eigenvalue weighted by molar-refractivity contribution is 14.1. The van der Waals surface area contributed by atoms with Gasteiger partial charge in [0.2, 0.25) is 0 Å². The number of rotatable bonds is 2. The molecular formula is C7H5ClF2IN. The highest BCUT2D eigenvalue weighted by Crippen LogP contribution is 2.21. The van der Waals surface area contributed by atoms with E-state index in [1.807, 2.05) is 22.6 Å². The monoisotopic (exact) mass is 303 g/mol. The third kappa shape index (κ3) is 2.26. The van der Waals surface area contributed by atoms with Crippen molar-refractivity contribution >= 4 is 34.2 Å². The van der Waals surface area contributed by atoms with Gasteiger partial charge >= 0.3 is 0 Å². The summed E-state index contributed by atoms with van der Waals surface area (Å²) in [7, 11) is 0. The molecule has 66 valence electrons. The second-order valence-corrected chi connectivity index (χ2v) is 3.44. The van der Waals surface area contributed by atoms with Crippen LogP contribution in [0.3, 0.4) is 0 Å². The molecule has 1 nitrogen and oxygen atoms in total. The second-order valence-electron chi connectivity index (χ2n) is 2.15. The van der Waals surface area contributed by atoms with Crippen molar-refractivity contribution in [2.75, 3.05) is 0 Å². The van der Waals surface area contributed by atoms with Crippen LogP contribution in [0.25, 0.3) is 0 Å². The number of hydrogen-bond donors (Lipinski definition) is 0. The first-order valence-electron chi connectivity index (χ1n) is 3.13. The summed E-state index contributed by atoms with van der Waals surface area (Å²) in [6.07, 6.45) is -1.31. The molecule has 0 N–H and O–H groups in total. The maximum absolute atomic E-state index is 12.1. The van der Waals surface area contributed by atoms with Crippen molar-refractivity contribution in [2.24, 2.45) is 0 Å². The fourth-order valence-electron chi connectivity index (χ4n) is 0.725. The Morgan fingerprint density at radius 2 is 2.25 bits per heavy atom. The van der Waals surface area contributed by atoms with Crippen molar-refractivity contribution < 1.29 is 8.78 Å². The van der Waals surface area contributed by atoms with Crippen molar-refractivity contribution in [3.05, 3.63) is 27.1 Å². The zero-order valence-corrected chi connectivity index (χ0v) is 8.81. The first kappa shape index (κ1) is 10.1. The molecule has 0 atom stereocenters. The highest BCUT2D eigenvalue weighted by atomic mass is 127. The molecule has 5 heteroatoms. The molecular weight excluding hydrogens is 298 g/mol. The minimum Gasteiger partial charge on any atom is -0.249 e. The predicted octanol–water partition coefficient (Wildman–Crippen LogP) is 3.36. The molecule has 0 fully saturated rings. The molecule has 0 bridgehead atoms. The quantitative estimate of drug-likeness (QED) is 0.464. The zero-order valence-electron chi connectivity index (χ0n) is 5.90. The third-order valence-corrected chi connectivity index (χ3v) is 2.59. The van der Waals surface area contributed by atoms with E-state index in [4.69, 9.17) is 11.6 Å². The third-order valence-electron chi connectivity index (χ3n) is 1.33. The lowest BCUT2D eigenvalue weighted by Crippen LogP contribution is -1.93. The first-order chi connectivity index (χ1) is 5.65. The van der Waals surface area contributed by atoms with Gasteiger partial charge in [0.15, 0.2) is 0 Å². The van der Waals surface area contributed by atoms with Crippen LogP contribution in [0.15, 0.2) is 12.3 Å². The molecule has 1 aromatic rings. The molecule has 0 radical (unpaired) electrons. The van der Waals surface area contributed by atoms with Gasteiger partial charge < -0.3 is 0 Å². The number of aromatic nitrogens is 1. The smallest absolute Gasteiger partial charge is 0.249 e. The SMILES string of the molecule is FC(F)c1cnc(I)c(CCl)c1. The summed E-state index contributed by atoms with van der Waals surface area (Å²) < 4.78 is 24.9. The average molecular weight is 303 g/mol. The Morgan fingerprint density at radius 1 is 1.58 bits per heavy atom. The van der Waals surface area contributed by atoms with Crippen LogP contribution in [0.2, 0.25) is 0 Å². The van der Waals surface area contributed by atoms with Gasteiger partial charge in [0.25, 0.3) is 6.43 Å². The van der Waals surface area contributed by atoms with Crippen LogP contribution in [-0.2, 0) is 5.88 Å². The van der Waals surface area contributed by atoms with Gasteiger partial charge in [-0.25, -0.2) is 13.8 Å². The molecule has 1 rings (SSSR count). The van der Waals surface area contributed by atoms with E-state index in [1.54, 1.807) is 0 Å². The molecule has 1 aromatic heterocycles. The molecule has 0 aliphatic rings. The minimum absolute atomic E-state index is 0.0777. The molecule has 0 spiro atoms. The summed E-state index contributed by atoms with van der Waals surface area (Å²) >= 11 is 7.48. The van der Waals surface area contributed by atoms with E-state index in [2.05, 4.69) is 4.98 Å². The fourth-order valence-corrected chi connectivity index (χ4v) is 1.64. The van der Waals surface area contributed by atoms with Gasteiger partial charge in [-0.15, -0.1) is 11.6 Å². The molecule has 0 aliphatic heterocycles. The Labute approximate surface area is 87.3 Å². The number of halogens is 4. The molecule has 0 amide bonds. The normalized spacial score (nSPS) is 10.8. The lowest BCUT2D eigenvalue weighted by atomic mass is 10.2. The number of hydrogen-bond acceptors (Lipinski definition) is 1. The van der Waals surface area contributed by atoms with E-state index < -0.39 is 6.43 Å². The van der Waals surface area contributed by atoms with E-state index in [9.17, 15) is 8.78 Å². The Morgan fingerprint density at radius 3 is 2.75 bits per heavy atom. The van der Waals surface area contributed by atoms with Crippen LogP contribution in [-0.4, -0.2) is 4.98 Å². The van der Waals surface area contributed by atoms with Crippen LogP contribution < -0.4 is 0 Å². The van der Waals surface area contributed by atoms with Gasteiger partial charge in [0.1, 0.15) is 3.70 Å². The molecule has 12 heavy (non-hydrogen) atoms. The molecule has 1 heterocycles. The van der Waals surface area contributed by atoms with Gasteiger partial charge in [-0.1, -0.05) is 0 Å². The summed E-state index contributed by atoms with van der Waals surface area (Å²) in [5, 5.41) is 0. The van der Waals surface area contributed by atoms with E-state index in [-0.39, 0.29) is 11.4 Å². The highest BCUT2D eigenvalue weighted by Gasteiger charge is 2.09. The lowest BCUT2D eigenvalue weighted by Gasteiger charge is -2.02. The van der Waals surface area contributed by atoms with Gasteiger partial charge in [0.05, 0.1) is 0 Å².